The normalized spacial score (nSPS) is 11.7. The maximum Gasteiger partial charge on any atom is 0.243 e. The van der Waals surface area contributed by atoms with E-state index in [4.69, 9.17) is 11.6 Å². The maximum absolute atomic E-state index is 11.9. The zero-order chi connectivity index (χ0) is 13.9. The Morgan fingerprint density at radius 2 is 2.21 bits per heavy atom. The number of halogens is 1. The molecule has 0 bridgehead atoms. The smallest absolute Gasteiger partial charge is 0.224 e. The molecule has 0 amide bonds. The quantitative estimate of drug-likeness (QED) is 0.832. The summed E-state index contributed by atoms with van der Waals surface area (Å²) in [6, 6.07) is 1.49. The van der Waals surface area contributed by atoms with Crippen LogP contribution in [0.3, 0.4) is 0 Å². The molecule has 2 heterocycles. The van der Waals surface area contributed by atoms with Gasteiger partial charge in [-0.3, -0.25) is 0 Å². The minimum atomic E-state index is -3.53. The molecule has 0 fully saturated rings. The van der Waals surface area contributed by atoms with Crippen molar-refractivity contribution >= 4 is 21.6 Å². The van der Waals surface area contributed by atoms with Gasteiger partial charge in [0.15, 0.2) is 5.82 Å². The summed E-state index contributed by atoms with van der Waals surface area (Å²) in [5.74, 6) is 0.400. The highest BCUT2D eigenvalue weighted by Crippen LogP contribution is 2.12. The second-order valence-corrected chi connectivity index (χ2v) is 5.87. The Labute approximate surface area is 115 Å². The van der Waals surface area contributed by atoms with Gasteiger partial charge in [-0.1, -0.05) is 18.5 Å². The van der Waals surface area contributed by atoms with E-state index in [0.717, 1.165) is 6.42 Å². The zero-order valence-corrected chi connectivity index (χ0v) is 11.7. The molecule has 0 aliphatic rings. The van der Waals surface area contributed by atoms with Crippen LogP contribution in [-0.4, -0.2) is 34.7 Å². The molecule has 2 aromatic rings. The van der Waals surface area contributed by atoms with E-state index in [2.05, 4.69) is 19.8 Å². The first-order valence-corrected chi connectivity index (χ1v) is 7.41. The fraction of sp³-hybridized carbons (Fsp3) is 0.300. The van der Waals surface area contributed by atoms with Gasteiger partial charge in [0.25, 0.3) is 0 Å². The number of hydrogen-bond donors (Lipinski definition) is 1. The van der Waals surface area contributed by atoms with E-state index >= 15 is 0 Å². The van der Waals surface area contributed by atoms with E-state index in [0.29, 0.717) is 12.4 Å². The summed E-state index contributed by atoms with van der Waals surface area (Å²) in [7, 11) is -3.53. The van der Waals surface area contributed by atoms with Crippen molar-refractivity contribution < 1.29 is 8.42 Å². The van der Waals surface area contributed by atoms with Crippen LogP contribution in [0.1, 0.15) is 13.3 Å². The molecule has 0 saturated heterocycles. The summed E-state index contributed by atoms with van der Waals surface area (Å²) in [4.78, 5) is 7.78. The third-order valence-corrected chi connectivity index (χ3v) is 3.89. The van der Waals surface area contributed by atoms with Crippen molar-refractivity contribution in [1.29, 1.82) is 0 Å². The molecule has 2 rings (SSSR count). The predicted molar refractivity (Wildman–Crippen MR) is 69.6 cm³/mol. The van der Waals surface area contributed by atoms with Crippen LogP contribution in [0.25, 0.3) is 5.82 Å². The van der Waals surface area contributed by atoms with Crippen LogP contribution in [0, 0.1) is 0 Å². The molecule has 0 aromatic carbocycles. The van der Waals surface area contributed by atoms with E-state index in [9.17, 15) is 8.42 Å². The van der Waals surface area contributed by atoms with Gasteiger partial charge >= 0.3 is 0 Å². The Hall–Kier alpha value is -1.51. The molecule has 102 valence electrons. The molecule has 1 N–H and O–H groups in total. The number of sulfonamides is 1. The average Bonchev–Trinajstić information content (AvgIpc) is 2.87. The number of aromatic nitrogens is 4. The number of hydrogen-bond acceptors (Lipinski definition) is 5. The lowest BCUT2D eigenvalue weighted by Gasteiger charge is -2.02. The van der Waals surface area contributed by atoms with Crippen LogP contribution in [0.2, 0.25) is 5.15 Å². The largest absolute Gasteiger partial charge is 0.243 e. The van der Waals surface area contributed by atoms with Gasteiger partial charge in [0, 0.05) is 12.6 Å². The van der Waals surface area contributed by atoms with E-state index < -0.39 is 10.0 Å². The Morgan fingerprint density at radius 1 is 1.42 bits per heavy atom. The van der Waals surface area contributed by atoms with Crippen molar-refractivity contribution in [2.45, 2.75) is 18.2 Å². The van der Waals surface area contributed by atoms with Crippen molar-refractivity contribution in [3.8, 4) is 5.82 Å². The fourth-order valence-corrected chi connectivity index (χ4v) is 2.54. The Kier molecular flexibility index (Phi) is 4.13. The highest BCUT2D eigenvalue weighted by molar-refractivity contribution is 7.89. The van der Waals surface area contributed by atoms with Crippen LogP contribution in [0.4, 0.5) is 0 Å². The number of rotatable bonds is 5. The molecule has 0 aliphatic heterocycles. The van der Waals surface area contributed by atoms with Crippen LogP contribution < -0.4 is 4.72 Å². The summed E-state index contributed by atoms with van der Waals surface area (Å²) >= 11 is 5.74. The van der Waals surface area contributed by atoms with Gasteiger partial charge < -0.3 is 0 Å². The SMILES string of the molecule is CCCNS(=O)(=O)c1cnn(-c2cc(Cl)ncn2)c1. The van der Waals surface area contributed by atoms with Gasteiger partial charge in [0.2, 0.25) is 10.0 Å². The van der Waals surface area contributed by atoms with Crippen molar-refractivity contribution in [2.75, 3.05) is 6.54 Å². The van der Waals surface area contributed by atoms with Gasteiger partial charge in [0.05, 0.1) is 12.4 Å². The lowest BCUT2D eigenvalue weighted by atomic mass is 10.5. The van der Waals surface area contributed by atoms with E-state index in [1.165, 1.54) is 29.5 Å². The van der Waals surface area contributed by atoms with Crippen LogP contribution in [0.5, 0.6) is 0 Å². The molecule has 7 nitrogen and oxygen atoms in total. The van der Waals surface area contributed by atoms with Gasteiger partial charge in [-0.05, 0) is 6.42 Å². The molecule has 0 saturated carbocycles. The Bertz CT molecular complexity index is 670. The minimum Gasteiger partial charge on any atom is -0.224 e. The van der Waals surface area contributed by atoms with Crippen LogP contribution in [0.15, 0.2) is 29.7 Å². The Morgan fingerprint density at radius 3 is 2.89 bits per heavy atom. The minimum absolute atomic E-state index is 0.0793. The summed E-state index contributed by atoms with van der Waals surface area (Å²) in [5, 5.41) is 4.21. The molecule has 0 unspecified atom stereocenters. The van der Waals surface area contributed by atoms with E-state index in [-0.39, 0.29) is 10.0 Å². The van der Waals surface area contributed by atoms with Crippen molar-refractivity contribution in [3.63, 3.8) is 0 Å². The highest BCUT2D eigenvalue weighted by atomic mass is 35.5. The second-order valence-electron chi connectivity index (χ2n) is 3.72. The van der Waals surface area contributed by atoms with Crippen molar-refractivity contribution in [2.24, 2.45) is 0 Å². The molecule has 0 aliphatic carbocycles. The van der Waals surface area contributed by atoms with Gasteiger partial charge in [0.1, 0.15) is 16.4 Å². The molecular weight excluding hydrogens is 290 g/mol. The summed E-state index contributed by atoms with van der Waals surface area (Å²) in [6.45, 7) is 2.27. The summed E-state index contributed by atoms with van der Waals surface area (Å²) in [6.07, 6.45) is 4.63. The summed E-state index contributed by atoms with van der Waals surface area (Å²) in [5.41, 5.74) is 0. The van der Waals surface area contributed by atoms with E-state index in [1.54, 1.807) is 0 Å². The standard InChI is InChI=1S/C10H12ClN5O2S/c1-2-3-15-19(17,18)8-5-14-16(6-8)10-4-9(11)12-7-13-10/h4-7,15H,2-3H2,1H3. The van der Waals surface area contributed by atoms with Crippen LogP contribution in [-0.2, 0) is 10.0 Å². The average molecular weight is 302 g/mol. The first-order chi connectivity index (χ1) is 9.03. The third-order valence-electron chi connectivity index (χ3n) is 2.27. The first kappa shape index (κ1) is 13.9. The first-order valence-electron chi connectivity index (χ1n) is 5.55. The van der Waals surface area contributed by atoms with Gasteiger partial charge in [-0.2, -0.15) is 5.10 Å². The number of nitrogens with zero attached hydrogens (tertiary/aromatic N) is 4. The van der Waals surface area contributed by atoms with Crippen molar-refractivity contribution in [1.82, 2.24) is 24.5 Å². The van der Waals surface area contributed by atoms with E-state index in [1.807, 2.05) is 6.92 Å². The molecule has 19 heavy (non-hydrogen) atoms. The Balaban J connectivity index is 2.29. The lowest BCUT2D eigenvalue weighted by molar-refractivity contribution is 0.581. The predicted octanol–water partition coefficient (Wildman–Crippen LogP) is 1.00. The van der Waals surface area contributed by atoms with Gasteiger partial charge in [-0.15, -0.1) is 0 Å². The number of nitrogens with one attached hydrogen (secondary N) is 1. The summed E-state index contributed by atoms with van der Waals surface area (Å²) < 4.78 is 27.5. The fourth-order valence-electron chi connectivity index (χ4n) is 1.34. The maximum atomic E-state index is 11.9. The molecule has 9 heteroatoms. The van der Waals surface area contributed by atoms with Crippen molar-refractivity contribution in [3.05, 3.63) is 29.9 Å². The lowest BCUT2D eigenvalue weighted by Crippen LogP contribution is -2.23. The molecular formula is C10H12ClN5O2S. The highest BCUT2D eigenvalue weighted by Gasteiger charge is 2.16. The zero-order valence-electron chi connectivity index (χ0n) is 10.1. The molecule has 0 radical (unpaired) electrons. The van der Waals surface area contributed by atoms with Gasteiger partial charge in [-0.25, -0.2) is 27.8 Å². The molecule has 0 spiro atoms. The molecule has 2 aromatic heterocycles. The van der Waals surface area contributed by atoms with Crippen LogP contribution >= 0.6 is 11.6 Å². The topological polar surface area (TPSA) is 89.8 Å². The molecule has 0 atom stereocenters. The third kappa shape index (κ3) is 3.28. The monoisotopic (exact) mass is 301 g/mol. The second kappa shape index (κ2) is 5.64.